The molecule has 0 unspecified atom stereocenters. The summed E-state index contributed by atoms with van der Waals surface area (Å²) in [6.07, 6.45) is 2.03. The van der Waals surface area contributed by atoms with Crippen LogP contribution in [0.3, 0.4) is 0 Å². The summed E-state index contributed by atoms with van der Waals surface area (Å²) in [4.78, 5) is 54.2. The Bertz CT molecular complexity index is 1700. The highest BCUT2D eigenvalue weighted by Gasteiger charge is 2.55. The van der Waals surface area contributed by atoms with E-state index in [0.717, 1.165) is 24.1 Å². The van der Waals surface area contributed by atoms with E-state index in [1.165, 1.54) is 17.8 Å². The molecule has 0 radical (unpaired) electrons. The van der Waals surface area contributed by atoms with Crippen molar-refractivity contribution in [1.29, 1.82) is 0 Å². The number of amides is 3. The maximum Gasteiger partial charge on any atom is 0.263 e. The van der Waals surface area contributed by atoms with Gasteiger partial charge in [0.15, 0.2) is 5.17 Å². The minimum absolute atomic E-state index is 0.00265. The van der Waals surface area contributed by atoms with Crippen LogP contribution in [0, 0.1) is 11.7 Å². The molecule has 5 atom stereocenters. The second kappa shape index (κ2) is 13.3. The van der Waals surface area contributed by atoms with E-state index >= 15 is 4.39 Å². The van der Waals surface area contributed by atoms with E-state index in [1.807, 2.05) is 56.6 Å². The lowest BCUT2D eigenvalue weighted by Gasteiger charge is -2.41. The third-order valence-electron chi connectivity index (χ3n) is 10.3. The number of thioether (sulfide) groups is 1. The average Bonchev–Trinajstić information content (AvgIpc) is 3.71. The van der Waals surface area contributed by atoms with Crippen LogP contribution in [0.15, 0.2) is 58.1 Å². The lowest BCUT2D eigenvalue weighted by molar-refractivity contribution is -0.147. The summed E-state index contributed by atoms with van der Waals surface area (Å²) in [5, 5.41) is 1.49. The highest BCUT2D eigenvalue weighted by molar-refractivity contribution is 8.18. The van der Waals surface area contributed by atoms with Crippen molar-refractivity contribution in [3.05, 3.63) is 80.1 Å². The third-order valence-corrected chi connectivity index (χ3v) is 11.8. The summed E-state index contributed by atoms with van der Waals surface area (Å²) in [7, 11) is 0. The Kier molecular flexibility index (Phi) is 9.65. The second-order valence-corrected chi connectivity index (χ2v) is 15.5. The molecule has 2 aromatic rings. The van der Waals surface area contributed by atoms with Crippen molar-refractivity contribution >= 4 is 57.9 Å². The second-order valence-electron chi connectivity index (χ2n) is 13.7. The molecular weight excluding hydrogens is 672 g/mol. The van der Waals surface area contributed by atoms with Gasteiger partial charge in [0.1, 0.15) is 22.3 Å². The van der Waals surface area contributed by atoms with Gasteiger partial charge >= 0.3 is 0 Å². The fourth-order valence-electron chi connectivity index (χ4n) is 7.90. The predicted octanol–water partition coefficient (Wildman–Crippen LogP) is 7.22. The van der Waals surface area contributed by atoms with Crippen LogP contribution in [0.1, 0.15) is 78.0 Å². The molecule has 6 rings (SSSR count). The maximum absolute atomic E-state index is 15.9. The standard InChI is InChI=1S/C36H42Cl2FN5O3S/c1-7-26-13-15-29(33(46)41-16-17-42(22(5)45)21(4)19-41)43(26)34(47)31-30(20(2)3)44-32(27-14-12-25(38)18-28(27)39)36(6,40-35(44)48-31)23-8-10-24(37)11-9-23/h8-12,14,18,20-21,26,29,32H,7,13,15-17,19H2,1-6H3/t21-,26-,29+,32-,36+/m1/s1. The van der Waals surface area contributed by atoms with Crippen LogP contribution in [0.2, 0.25) is 10.0 Å². The van der Waals surface area contributed by atoms with Crippen molar-refractivity contribution in [2.24, 2.45) is 10.9 Å². The molecule has 8 nitrogen and oxygen atoms in total. The molecule has 4 aliphatic heterocycles. The number of carbonyl (C=O) groups excluding carboxylic acids is 3. The number of hydrogen-bond donors (Lipinski definition) is 0. The molecule has 0 bridgehead atoms. The molecule has 2 aromatic carbocycles. The van der Waals surface area contributed by atoms with E-state index in [2.05, 4.69) is 0 Å². The SMILES string of the molecule is CC[C@@H]1CC[C@@H](C(=O)N2CCN(C(C)=O)[C@H](C)C2)N1C(=O)C1=C(C(C)C)N2C(=N[C@@](C)(c3ccc(Cl)cc3)[C@H]2c2ccc(Cl)cc2F)S1. The van der Waals surface area contributed by atoms with Crippen LogP contribution >= 0.6 is 35.0 Å². The van der Waals surface area contributed by atoms with Crippen molar-refractivity contribution in [3.63, 3.8) is 0 Å². The predicted molar refractivity (Wildman–Crippen MR) is 189 cm³/mol. The smallest absolute Gasteiger partial charge is 0.263 e. The topological polar surface area (TPSA) is 76.5 Å². The van der Waals surface area contributed by atoms with E-state index in [0.29, 0.717) is 51.7 Å². The van der Waals surface area contributed by atoms with Gasteiger partial charge in [-0.25, -0.2) is 9.38 Å². The summed E-state index contributed by atoms with van der Waals surface area (Å²) in [5.74, 6) is -0.836. The Morgan fingerprint density at radius 3 is 2.35 bits per heavy atom. The van der Waals surface area contributed by atoms with Crippen LogP contribution < -0.4 is 0 Å². The molecule has 4 heterocycles. The molecule has 0 N–H and O–H groups in total. The lowest BCUT2D eigenvalue weighted by Crippen LogP contribution is -2.58. The lowest BCUT2D eigenvalue weighted by atomic mass is 9.81. The van der Waals surface area contributed by atoms with Gasteiger partial charge in [0.2, 0.25) is 11.8 Å². The molecule has 0 saturated carbocycles. The summed E-state index contributed by atoms with van der Waals surface area (Å²) < 4.78 is 15.9. The highest BCUT2D eigenvalue weighted by atomic mass is 35.5. The van der Waals surface area contributed by atoms with Gasteiger partial charge in [-0.05, 0) is 80.6 Å². The molecule has 4 aliphatic rings. The first-order valence-corrected chi connectivity index (χ1v) is 18.2. The van der Waals surface area contributed by atoms with Crippen molar-refractivity contribution in [1.82, 2.24) is 19.6 Å². The molecule has 2 saturated heterocycles. The molecule has 0 aromatic heterocycles. The Morgan fingerprint density at radius 1 is 1.06 bits per heavy atom. The Morgan fingerprint density at radius 2 is 1.75 bits per heavy atom. The van der Waals surface area contributed by atoms with Gasteiger partial charge in [-0.1, -0.05) is 62.2 Å². The van der Waals surface area contributed by atoms with Gasteiger partial charge < -0.3 is 19.6 Å². The number of fused-ring (bicyclic) bond motifs is 1. The zero-order chi connectivity index (χ0) is 34.7. The quantitative estimate of drug-likeness (QED) is 0.316. The van der Waals surface area contributed by atoms with E-state index < -0.39 is 23.4 Å². The fourth-order valence-corrected chi connectivity index (χ4v) is 9.53. The van der Waals surface area contributed by atoms with E-state index in [1.54, 1.807) is 41.0 Å². The van der Waals surface area contributed by atoms with E-state index in [-0.39, 0.29) is 35.7 Å². The summed E-state index contributed by atoms with van der Waals surface area (Å²) in [6, 6.07) is 10.7. The summed E-state index contributed by atoms with van der Waals surface area (Å²) in [6.45, 7) is 12.9. The summed E-state index contributed by atoms with van der Waals surface area (Å²) in [5.41, 5.74) is 1.13. The van der Waals surface area contributed by atoms with Crippen LogP contribution in [0.5, 0.6) is 0 Å². The number of likely N-dealkylation sites (tertiary alicyclic amines) is 1. The Hall–Kier alpha value is -3.08. The molecule has 48 heavy (non-hydrogen) atoms. The molecule has 0 aliphatic carbocycles. The van der Waals surface area contributed by atoms with Gasteiger partial charge in [-0.15, -0.1) is 0 Å². The molecule has 256 valence electrons. The fraction of sp³-hybridized carbons (Fsp3) is 0.500. The minimum atomic E-state index is -0.910. The Labute approximate surface area is 296 Å². The highest BCUT2D eigenvalue weighted by Crippen LogP contribution is 2.57. The zero-order valence-electron chi connectivity index (χ0n) is 28.2. The molecule has 2 fully saturated rings. The molecule has 3 amide bonds. The monoisotopic (exact) mass is 713 g/mol. The van der Waals surface area contributed by atoms with Crippen molar-refractivity contribution in [2.45, 2.75) is 90.5 Å². The summed E-state index contributed by atoms with van der Waals surface area (Å²) >= 11 is 13.8. The van der Waals surface area contributed by atoms with Gasteiger partial charge in [0.05, 0.1) is 6.04 Å². The van der Waals surface area contributed by atoms with E-state index in [4.69, 9.17) is 28.2 Å². The number of rotatable bonds is 6. The van der Waals surface area contributed by atoms with Gasteiger partial charge in [-0.3, -0.25) is 14.4 Å². The first kappa shape index (κ1) is 34.8. The number of amidine groups is 1. The number of halogens is 3. The normalized spacial score (nSPS) is 27.2. The Balaban J connectivity index is 1.39. The average molecular weight is 715 g/mol. The number of allylic oxidation sites excluding steroid dienone is 1. The number of nitrogens with zero attached hydrogens (tertiary/aromatic N) is 5. The van der Waals surface area contributed by atoms with Gasteiger partial charge in [0.25, 0.3) is 5.91 Å². The van der Waals surface area contributed by atoms with Crippen LogP contribution in [-0.2, 0) is 19.9 Å². The zero-order valence-corrected chi connectivity index (χ0v) is 30.5. The first-order valence-electron chi connectivity index (χ1n) is 16.7. The van der Waals surface area contributed by atoms with E-state index in [9.17, 15) is 14.4 Å². The molecule has 0 spiro atoms. The van der Waals surface area contributed by atoms with Crippen molar-refractivity contribution in [2.75, 3.05) is 19.6 Å². The van der Waals surface area contributed by atoms with Gasteiger partial charge in [-0.2, -0.15) is 0 Å². The van der Waals surface area contributed by atoms with Gasteiger partial charge in [0, 0.05) is 59.9 Å². The number of carbonyl (C=O) groups is 3. The molecular formula is C36H42Cl2FN5O3S. The number of benzene rings is 2. The van der Waals surface area contributed by atoms with Crippen LogP contribution in [0.25, 0.3) is 0 Å². The van der Waals surface area contributed by atoms with Crippen LogP contribution in [0.4, 0.5) is 4.39 Å². The first-order chi connectivity index (χ1) is 22.8. The van der Waals surface area contributed by atoms with Crippen molar-refractivity contribution < 1.29 is 18.8 Å². The number of hydrogen-bond acceptors (Lipinski definition) is 6. The number of aliphatic imine (C=N–C) groups is 1. The van der Waals surface area contributed by atoms with Crippen molar-refractivity contribution in [3.8, 4) is 0 Å². The third kappa shape index (κ3) is 5.92. The van der Waals surface area contributed by atoms with Crippen LogP contribution in [-0.4, -0.2) is 80.2 Å². The maximum atomic E-state index is 15.9. The number of piperazine rings is 1. The molecule has 12 heteroatoms. The minimum Gasteiger partial charge on any atom is -0.337 e. The largest absolute Gasteiger partial charge is 0.337 e.